The van der Waals surface area contributed by atoms with E-state index < -0.39 is 26.5 Å². The quantitative estimate of drug-likeness (QED) is 0.0685. The van der Waals surface area contributed by atoms with Gasteiger partial charge in [0.2, 0.25) is 5.78 Å². The molecule has 0 fully saturated rings. The monoisotopic (exact) mass is 625 g/mol. The molecule has 15 heteroatoms. The number of benzene rings is 3. The summed E-state index contributed by atoms with van der Waals surface area (Å²) in [7, 11) is -2.04. The summed E-state index contributed by atoms with van der Waals surface area (Å²) in [4.78, 5) is 12.6. The first-order valence-corrected chi connectivity index (χ1v) is 14.6. The highest BCUT2D eigenvalue weighted by Crippen LogP contribution is 2.40. The maximum absolute atomic E-state index is 13.3. The van der Waals surface area contributed by atoms with Crippen LogP contribution in [0.1, 0.15) is 29.8 Å². The summed E-state index contributed by atoms with van der Waals surface area (Å²) in [6.45, 7) is 4.11. The van der Waals surface area contributed by atoms with Gasteiger partial charge in [0.1, 0.15) is 51.6 Å². The van der Waals surface area contributed by atoms with Crippen LogP contribution in [0.5, 0.6) is 23.0 Å². The highest BCUT2D eigenvalue weighted by molar-refractivity contribution is 7.91. The van der Waals surface area contributed by atoms with Gasteiger partial charge in [0.15, 0.2) is 5.71 Å². The van der Waals surface area contributed by atoms with Gasteiger partial charge in [0.05, 0.1) is 26.9 Å². The molecule has 0 unspecified atom stereocenters. The van der Waals surface area contributed by atoms with Crippen molar-refractivity contribution in [3.63, 3.8) is 0 Å². The van der Waals surface area contributed by atoms with E-state index in [1.165, 1.54) is 62.8 Å². The molecular formula is C29H31N5O9S. The number of phenolic OH excluding ortho intramolecular Hbond substituents is 1. The molecule has 0 saturated heterocycles. The number of hydrazone groups is 1. The Kier molecular flexibility index (Phi) is 9.83. The van der Waals surface area contributed by atoms with Crippen molar-refractivity contribution in [3.05, 3.63) is 64.6 Å². The number of hydrogen-bond acceptors (Lipinski definition) is 13. The number of azo groups is 1. The van der Waals surface area contributed by atoms with Gasteiger partial charge in [0, 0.05) is 29.4 Å². The lowest BCUT2D eigenvalue weighted by atomic mass is 9.94. The lowest BCUT2D eigenvalue weighted by Gasteiger charge is -2.18. The van der Waals surface area contributed by atoms with Crippen LogP contribution >= 0.6 is 0 Å². The summed E-state index contributed by atoms with van der Waals surface area (Å²) in [5.41, 5.74) is 9.31. The van der Waals surface area contributed by atoms with Crippen LogP contribution in [0.25, 0.3) is 6.08 Å². The molecule has 1 aliphatic carbocycles. The molecule has 0 amide bonds. The zero-order valence-corrected chi connectivity index (χ0v) is 25.1. The molecule has 1 aliphatic rings. The third kappa shape index (κ3) is 7.50. The SMILES string of the molecule is COc1cc(O)ccc1/N=N/c1cc(OCCOC(C)C)c(N/N=C2\C(=O)c3ccc(N)cc3C=C2S(=O)(=O)O)cc1OC. The van der Waals surface area contributed by atoms with Gasteiger partial charge >= 0.3 is 0 Å². The Hall–Kier alpha value is -4.99. The molecule has 0 heterocycles. The van der Waals surface area contributed by atoms with Gasteiger partial charge in [-0.1, -0.05) is 0 Å². The second-order valence-corrected chi connectivity index (χ2v) is 11.0. The number of nitrogen functional groups attached to an aromatic ring is 1. The van der Waals surface area contributed by atoms with Gasteiger partial charge in [-0.3, -0.25) is 14.8 Å². The molecule has 3 aromatic rings. The molecule has 0 bridgehead atoms. The number of nitrogens with one attached hydrogen (secondary N) is 1. The van der Waals surface area contributed by atoms with Crippen molar-refractivity contribution in [2.45, 2.75) is 20.0 Å². The topological polar surface area (TPSA) is 204 Å². The first kappa shape index (κ1) is 31.9. The van der Waals surface area contributed by atoms with Crippen molar-refractivity contribution < 1.29 is 41.8 Å². The number of anilines is 2. The van der Waals surface area contributed by atoms with E-state index in [-0.39, 0.29) is 64.8 Å². The standard InChI is InChI=1S/C29H31N5O9S/c1-16(2)42-9-10-43-26-15-22(32-31-21-8-6-19(35)13-24(21)40-3)25(41-4)14-23(26)33-34-28-27(44(37,38)39)12-17-11-18(30)5-7-20(17)29(28)36/h5-8,11-16,33,35H,9-10,30H2,1-4H3,(H,37,38,39)/b32-31+,34-28-. The molecule has 0 aromatic heterocycles. The Bertz CT molecular complexity index is 1770. The number of hydrogen-bond donors (Lipinski definition) is 4. The third-order valence-electron chi connectivity index (χ3n) is 6.12. The number of rotatable bonds is 12. The Morgan fingerprint density at radius 3 is 2.32 bits per heavy atom. The maximum Gasteiger partial charge on any atom is 0.296 e. The lowest BCUT2D eigenvalue weighted by molar-refractivity contribution is 0.0554. The van der Waals surface area contributed by atoms with E-state index in [1.54, 1.807) is 0 Å². The number of methoxy groups -OCH3 is 2. The molecule has 3 aromatic carbocycles. The number of fused-ring (bicyclic) bond motifs is 1. The highest BCUT2D eigenvalue weighted by Gasteiger charge is 2.33. The molecule has 0 radical (unpaired) electrons. The maximum atomic E-state index is 13.3. The molecule has 0 aliphatic heterocycles. The van der Waals surface area contributed by atoms with Gasteiger partial charge in [-0.25, -0.2) is 0 Å². The number of allylic oxidation sites excluding steroid dienone is 1. The molecule has 0 atom stereocenters. The lowest BCUT2D eigenvalue weighted by Crippen LogP contribution is -2.27. The molecule has 5 N–H and O–H groups in total. The summed E-state index contributed by atoms with van der Waals surface area (Å²) >= 11 is 0. The number of Topliss-reactive ketones (excluding diaryl/α,β-unsaturated/α-hetero) is 1. The smallest absolute Gasteiger partial charge is 0.296 e. The fourth-order valence-corrected chi connectivity index (χ4v) is 4.72. The van der Waals surface area contributed by atoms with Gasteiger partial charge in [-0.2, -0.15) is 13.5 Å². The molecular weight excluding hydrogens is 594 g/mol. The number of phenols is 1. The molecule has 0 spiro atoms. The average Bonchev–Trinajstić information content (AvgIpc) is 2.97. The van der Waals surface area contributed by atoms with E-state index in [0.717, 1.165) is 6.08 Å². The van der Waals surface area contributed by atoms with Crippen LogP contribution in [-0.2, 0) is 14.9 Å². The van der Waals surface area contributed by atoms with Crippen molar-refractivity contribution in [1.29, 1.82) is 0 Å². The van der Waals surface area contributed by atoms with Crippen LogP contribution in [-0.4, -0.2) is 63.1 Å². The van der Waals surface area contributed by atoms with Crippen molar-refractivity contribution in [2.24, 2.45) is 15.3 Å². The normalized spacial score (nSPS) is 14.1. The highest BCUT2D eigenvalue weighted by atomic mass is 32.2. The Labute approximate surface area is 253 Å². The van der Waals surface area contributed by atoms with Crippen LogP contribution in [0.4, 0.5) is 22.7 Å². The predicted octanol–water partition coefficient (Wildman–Crippen LogP) is 5.10. The van der Waals surface area contributed by atoms with E-state index in [4.69, 9.17) is 24.7 Å². The Morgan fingerprint density at radius 2 is 1.64 bits per heavy atom. The Balaban J connectivity index is 1.75. The minimum Gasteiger partial charge on any atom is -0.508 e. The van der Waals surface area contributed by atoms with Crippen LogP contribution in [0, 0.1) is 0 Å². The van der Waals surface area contributed by atoms with Crippen LogP contribution < -0.4 is 25.4 Å². The van der Waals surface area contributed by atoms with Crippen LogP contribution in [0.15, 0.2) is 68.8 Å². The summed E-state index contributed by atoms with van der Waals surface area (Å²) in [6.07, 6.45) is 1.08. The number of carbonyl (C=O) groups is 1. The van der Waals surface area contributed by atoms with E-state index >= 15 is 0 Å². The van der Waals surface area contributed by atoms with Crippen LogP contribution in [0.2, 0.25) is 0 Å². The summed E-state index contributed by atoms with van der Waals surface area (Å²) in [5.74, 6) is -0.0843. The second-order valence-electron chi connectivity index (χ2n) is 9.58. The van der Waals surface area contributed by atoms with Crippen molar-refractivity contribution in [2.75, 3.05) is 38.6 Å². The van der Waals surface area contributed by atoms with Crippen molar-refractivity contribution >= 4 is 50.4 Å². The van der Waals surface area contributed by atoms with Crippen molar-refractivity contribution in [3.8, 4) is 23.0 Å². The fraction of sp³-hybridized carbons (Fsp3) is 0.241. The van der Waals surface area contributed by atoms with Crippen LogP contribution in [0.3, 0.4) is 0 Å². The number of nitrogens with two attached hydrogens (primary N) is 1. The number of ether oxygens (including phenoxy) is 4. The zero-order chi connectivity index (χ0) is 32.0. The predicted molar refractivity (Wildman–Crippen MR) is 164 cm³/mol. The third-order valence-corrected chi connectivity index (χ3v) is 6.99. The van der Waals surface area contributed by atoms with Crippen molar-refractivity contribution in [1.82, 2.24) is 0 Å². The largest absolute Gasteiger partial charge is 0.508 e. The van der Waals surface area contributed by atoms with Gasteiger partial charge < -0.3 is 29.8 Å². The average molecular weight is 626 g/mol. The van der Waals surface area contributed by atoms with E-state index in [9.17, 15) is 22.9 Å². The summed E-state index contributed by atoms with van der Waals surface area (Å²) in [5, 5.41) is 22.3. The molecule has 4 rings (SSSR count). The fourth-order valence-electron chi connectivity index (χ4n) is 4.06. The zero-order valence-electron chi connectivity index (χ0n) is 24.3. The molecule has 0 saturated carbocycles. The minimum absolute atomic E-state index is 0.00852. The first-order chi connectivity index (χ1) is 20.9. The molecule has 232 valence electrons. The molecule has 14 nitrogen and oxygen atoms in total. The van der Waals surface area contributed by atoms with E-state index in [0.29, 0.717) is 11.4 Å². The van der Waals surface area contributed by atoms with E-state index in [1.807, 2.05) is 13.8 Å². The number of aromatic hydroxyl groups is 1. The summed E-state index contributed by atoms with van der Waals surface area (Å²) < 4.78 is 56.6. The van der Waals surface area contributed by atoms with E-state index in [2.05, 4.69) is 20.8 Å². The first-order valence-electron chi connectivity index (χ1n) is 13.1. The van der Waals surface area contributed by atoms with Gasteiger partial charge in [0.25, 0.3) is 10.1 Å². The number of nitrogens with zero attached hydrogens (tertiary/aromatic N) is 3. The molecule has 44 heavy (non-hydrogen) atoms. The number of ketones is 1. The van der Waals surface area contributed by atoms with Gasteiger partial charge in [-0.15, -0.1) is 10.2 Å². The summed E-state index contributed by atoms with van der Waals surface area (Å²) in [6, 6.07) is 11.6. The second kappa shape index (κ2) is 13.5. The van der Waals surface area contributed by atoms with Gasteiger partial charge in [-0.05, 0) is 55.8 Å². The number of carbonyl (C=O) groups excluding carboxylic acids is 1. The minimum atomic E-state index is -4.86. The Morgan fingerprint density at radius 1 is 0.932 bits per heavy atom.